The number of benzene rings is 3. The fourth-order valence-corrected chi connectivity index (χ4v) is 3.09. The lowest BCUT2D eigenvalue weighted by atomic mass is 10.1. The third-order valence-electron chi connectivity index (χ3n) is 4.51. The summed E-state index contributed by atoms with van der Waals surface area (Å²) < 4.78 is 5.95. The van der Waals surface area contributed by atoms with Crippen LogP contribution in [0.3, 0.4) is 0 Å². The summed E-state index contributed by atoms with van der Waals surface area (Å²) in [7, 11) is 0. The molecule has 0 spiro atoms. The van der Waals surface area contributed by atoms with Crippen molar-refractivity contribution in [1.29, 1.82) is 5.26 Å². The topological polar surface area (TPSA) is 62.1 Å². The predicted molar refractivity (Wildman–Crippen MR) is 120 cm³/mol. The van der Waals surface area contributed by atoms with E-state index in [0.29, 0.717) is 28.6 Å². The number of halogens is 1. The number of nitrogens with one attached hydrogen (secondary N) is 1. The Balaban J connectivity index is 1.81. The molecular formula is C25H21ClN2O2. The first-order valence-corrected chi connectivity index (χ1v) is 9.81. The van der Waals surface area contributed by atoms with E-state index in [2.05, 4.69) is 11.4 Å². The fraction of sp³-hybridized carbons (Fsp3) is 0.120. The molecule has 0 saturated carbocycles. The van der Waals surface area contributed by atoms with Gasteiger partial charge in [0.2, 0.25) is 0 Å². The van der Waals surface area contributed by atoms with Gasteiger partial charge >= 0.3 is 0 Å². The van der Waals surface area contributed by atoms with Gasteiger partial charge in [-0.25, -0.2) is 0 Å². The van der Waals surface area contributed by atoms with E-state index >= 15 is 0 Å². The van der Waals surface area contributed by atoms with Gasteiger partial charge in [-0.1, -0.05) is 65.7 Å². The lowest BCUT2D eigenvalue weighted by molar-refractivity contribution is -0.112. The highest BCUT2D eigenvalue weighted by Gasteiger charge is 2.13. The van der Waals surface area contributed by atoms with Gasteiger partial charge in [-0.05, 0) is 49.2 Å². The van der Waals surface area contributed by atoms with Crippen LogP contribution in [0, 0.1) is 25.2 Å². The van der Waals surface area contributed by atoms with Gasteiger partial charge in [0, 0.05) is 16.3 Å². The Bertz CT molecular complexity index is 1150. The van der Waals surface area contributed by atoms with E-state index in [1.54, 1.807) is 18.2 Å². The van der Waals surface area contributed by atoms with Gasteiger partial charge in [0.05, 0.1) is 0 Å². The number of hydrogen-bond donors (Lipinski definition) is 1. The smallest absolute Gasteiger partial charge is 0.266 e. The standard InChI is InChI=1S/C25H21ClN2O2/c1-17-6-5-7-19(12-17)16-30-24-9-4-3-8-20(24)13-21(15-27)25(29)28-23-14-22(26)11-10-18(23)2/h3-14H,16H2,1-2H3,(H,28,29)/b21-13+. The number of rotatable bonds is 6. The van der Waals surface area contributed by atoms with Gasteiger partial charge in [0.1, 0.15) is 24.0 Å². The van der Waals surface area contributed by atoms with Crippen molar-refractivity contribution in [1.82, 2.24) is 0 Å². The molecule has 3 aromatic rings. The fourth-order valence-electron chi connectivity index (χ4n) is 2.92. The van der Waals surface area contributed by atoms with Gasteiger partial charge in [0.25, 0.3) is 5.91 Å². The summed E-state index contributed by atoms with van der Waals surface area (Å²) >= 11 is 6.01. The second-order valence-electron chi connectivity index (χ2n) is 6.90. The van der Waals surface area contributed by atoms with Crippen LogP contribution in [0.15, 0.2) is 72.3 Å². The Morgan fingerprint density at radius 1 is 1.10 bits per heavy atom. The zero-order valence-electron chi connectivity index (χ0n) is 16.8. The van der Waals surface area contributed by atoms with Gasteiger partial charge in [0.15, 0.2) is 0 Å². The van der Waals surface area contributed by atoms with Gasteiger partial charge in [-0.2, -0.15) is 5.26 Å². The molecule has 1 N–H and O–H groups in total. The van der Waals surface area contributed by atoms with Crippen molar-refractivity contribution in [2.24, 2.45) is 0 Å². The molecule has 3 rings (SSSR count). The molecule has 4 nitrogen and oxygen atoms in total. The number of nitrogens with zero attached hydrogens (tertiary/aromatic N) is 1. The van der Waals surface area contributed by atoms with Crippen molar-refractivity contribution in [3.8, 4) is 11.8 Å². The molecule has 0 aromatic heterocycles. The zero-order chi connectivity index (χ0) is 21.5. The third kappa shape index (κ3) is 5.50. The lowest BCUT2D eigenvalue weighted by Gasteiger charge is -2.11. The summed E-state index contributed by atoms with van der Waals surface area (Å²) in [6.07, 6.45) is 1.53. The quantitative estimate of drug-likeness (QED) is 0.391. The van der Waals surface area contributed by atoms with E-state index in [9.17, 15) is 10.1 Å². The molecule has 1 amide bonds. The van der Waals surface area contributed by atoms with Crippen molar-refractivity contribution in [3.63, 3.8) is 0 Å². The number of carbonyl (C=O) groups excluding carboxylic acids is 1. The van der Waals surface area contributed by atoms with E-state index in [-0.39, 0.29) is 5.57 Å². The molecule has 0 fully saturated rings. The van der Waals surface area contributed by atoms with Crippen molar-refractivity contribution in [3.05, 3.63) is 99.6 Å². The van der Waals surface area contributed by atoms with Crippen LogP contribution in [0.5, 0.6) is 5.75 Å². The number of nitriles is 1. The molecule has 0 heterocycles. The number of aryl methyl sites for hydroxylation is 2. The summed E-state index contributed by atoms with van der Waals surface area (Å²) in [6.45, 7) is 4.28. The molecular weight excluding hydrogens is 396 g/mol. The van der Waals surface area contributed by atoms with Crippen molar-refractivity contribution in [2.45, 2.75) is 20.5 Å². The molecule has 0 bridgehead atoms. The first-order chi connectivity index (χ1) is 14.5. The molecule has 0 unspecified atom stereocenters. The number of para-hydroxylation sites is 1. The summed E-state index contributed by atoms with van der Waals surface area (Å²) in [5, 5.41) is 12.8. The van der Waals surface area contributed by atoms with Crippen LogP contribution in [-0.4, -0.2) is 5.91 Å². The minimum atomic E-state index is -0.503. The van der Waals surface area contributed by atoms with Crippen LogP contribution in [0.1, 0.15) is 22.3 Å². The van der Waals surface area contributed by atoms with E-state index in [0.717, 1.165) is 16.7 Å². The maximum atomic E-state index is 12.7. The molecule has 150 valence electrons. The number of hydrogen-bond acceptors (Lipinski definition) is 3. The van der Waals surface area contributed by atoms with E-state index in [4.69, 9.17) is 16.3 Å². The Morgan fingerprint density at radius 3 is 2.67 bits per heavy atom. The molecule has 0 atom stereocenters. The third-order valence-corrected chi connectivity index (χ3v) is 4.74. The highest BCUT2D eigenvalue weighted by Crippen LogP contribution is 2.24. The van der Waals surface area contributed by atoms with Crippen molar-refractivity contribution in [2.75, 3.05) is 5.32 Å². The second-order valence-corrected chi connectivity index (χ2v) is 7.34. The van der Waals surface area contributed by atoms with E-state index < -0.39 is 5.91 Å². The van der Waals surface area contributed by atoms with Crippen molar-refractivity contribution < 1.29 is 9.53 Å². The van der Waals surface area contributed by atoms with Gasteiger partial charge < -0.3 is 10.1 Å². The number of anilines is 1. The molecule has 30 heavy (non-hydrogen) atoms. The number of amides is 1. The maximum Gasteiger partial charge on any atom is 0.266 e. The highest BCUT2D eigenvalue weighted by atomic mass is 35.5. The molecule has 0 radical (unpaired) electrons. The zero-order valence-corrected chi connectivity index (χ0v) is 17.5. The van der Waals surface area contributed by atoms with Gasteiger partial charge in [-0.15, -0.1) is 0 Å². The first kappa shape index (κ1) is 21.2. The molecule has 5 heteroatoms. The Kier molecular flexibility index (Phi) is 6.90. The SMILES string of the molecule is Cc1cccc(COc2ccccc2/C=C(\C#N)C(=O)Nc2cc(Cl)ccc2C)c1. The monoisotopic (exact) mass is 416 g/mol. The van der Waals surface area contributed by atoms with Crippen LogP contribution in [-0.2, 0) is 11.4 Å². The summed E-state index contributed by atoms with van der Waals surface area (Å²) in [5.41, 5.74) is 4.25. The number of ether oxygens (including phenoxy) is 1. The van der Waals surface area contributed by atoms with Crippen LogP contribution in [0.2, 0.25) is 5.02 Å². The van der Waals surface area contributed by atoms with Gasteiger partial charge in [-0.3, -0.25) is 4.79 Å². The molecule has 0 aliphatic rings. The summed E-state index contributed by atoms with van der Waals surface area (Å²) in [4.78, 5) is 12.7. The minimum absolute atomic E-state index is 0.0269. The minimum Gasteiger partial charge on any atom is -0.488 e. The van der Waals surface area contributed by atoms with Crippen LogP contribution in [0.25, 0.3) is 6.08 Å². The Morgan fingerprint density at radius 2 is 1.90 bits per heavy atom. The molecule has 3 aromatic carbocycles. The average Bonchev–Trinajstić information content (AvgIpc) is 2.73. The summed E-state index contributed by atoms with van der Waals surface area (Å²) in [5.74, 6) is 0.0925. The van der Waals surface area contributed by atoms with Crippen molar-refractivity contribution >= 4 is 29.3 Å². The van der Waals surface area contributed by atoms with E-state index in [1.807, 2.05) is 62.4 Å². The molecule has 0 aliphatic carbocycles. The van der Waals surface area contributed by atoms with Crippen LogP contribution < -0.4 is 10.1 Å². The summed E-state index contributed by atoms with van der Waals surface area (Å²) in [6, 6.07) is 22.5. The average molecular weight is 417 g/mol. The highest BCUT2D eigenvalue weighted by molar-refractivity contribution is 6.31. The van der Waals surface area contributed by atoms with Crippen LogP contribution >= 0.6 is 11.6 Å². The largest absolute Gasteiger partial charge is 0.488 e. The Hall–Kier alpha value is -3.55. The normalized spacial score (nSPS) is 10.9. The first-order valence-electron chi connectivity index (χ1n) is 9.43. The molecule has 0 aliphatic heterocycles. The predicted octanol–water partition coefficient (Wildman–Crippen LogP) is 6.08. The van der Waals surface area contributed by atoms with E-state index in [1.165, 1.54) is 6.08 Å². The molecule has 0 saturated heterocycles. The second kappa shape index (κ2) is 9.78. The van der Waals surface area contributed by atoms with Crippen LogP contribution in [0.4, 0.5) is 5.69 Å². The number of carbonyl (C=O) groups is 1. The Labute approximate surface area is 181 Å². The lowest BCUT2D eigenvalue weighted by Crippen LogP contribution is -2.14. The maximum absolute atomic E-state index is 12.7.